The molecule has 1 fully saturated rings. The number of benzene rings is 2. The van der Waals surface area contributed by atoms with Crippen LogP contribution < -0.4 is 10.6 Å². The Bertz CT molecular complexity index is 1290. The van der Waals surface area contributed by atoms with Crippen molar-refractivity contribution in [3.05, 3.63) is 69.7 Å². The number of carbonyl (C=O) groups excluding carboxylic acids is 4. The van der Waals surface area contributed by atoms with Gasteiger partial charge in [0.1, 0.15) is 6.02 Å². The maximum Gasteiger partial charge on any atom is 0.349 e. The van der Waals surface area contributed by atoms with Gasteiger partial charge in [0.15, 0.2) is 1.41 Å². The van der Waals surface area contributed by atoms with Crippen molar-refractivity contribution in [1.29, 1.82) is 0 Å². The van der Waals surface area contributed by atoms with Gasteiger partial charge < -0.3 is 10.2 Å². The number of fused-ring (bicyclic) bond motifs is 1. The Morgan fingerprint density at radius 2 is 2.00 bits per heavy atom. The summed E-state index contributed by atoms with van der Waals surface area (Å²) in [5.41, 5.74) is -0.929. The normalized spacial score (nSPS) is 23.0. The predicted octanol–water partition coefficient (Wildman–Crippen LogP) is 2.51. The number of nitrogens with one attached hydrogen (secondary N) is 2. The van der Waals surface area contributed by atoms with E-state index < -0.39 is 52.9 Å². The lowest BCUT2D eigenvalue weighted by Crippen LogP contribution is -2.52. The number of hydrogen-bond donors (Lipinski definition) is 2. The van der Waals surface area contributed by atoms with E-state index in [1.165, 1.54) is 6.07 Å². The van der Waals surface area contributed by atoms with E-state index in [0.29, 0.717) is 0 Å². The van der Waals surface area contributed by atoms with Crippen LogP contribution in [0.15, 0.2) is 42.5 Å². The Labute approximate surface area is 192 Å². The van der Waals surface area contributed by atoms with Gasteiger partial charge in [-0.25, -0.2) is 0 Å². The molecule has 1 atom stereocenters. The van der Waals surface area contributed by atoms with Gasteiger partial charge in [-0.05, 0) is 35.7 Å². The van der Waals surface area contributed by atoms with Crippen molar-refractivity contribution in [2.24, 2.45) is 0 Å². The van der Waals surface area contributed by atoms with E-state index in [4.69, 9.17) is 17.1 Å². The molecule has 2 aromatic carbocycles. The molecule has 0 bridgehead atoms. The molecular weight excluding hydrogens is 444 g/mol. The molecule has 0 saturated carbocycles. The topological polar surface area (TPSA) is 95.6 Å². The molecule has 2 N–H and O–H groups in total. The molecule has 166 valence electrons. The zero-order valence-corrected chi connectivity index (χ0v) is 17.1. The van der Waals surface area contributed by atoms with Crippen LogP contribution >= 0.6 is 11.6 Å². The second kappa shape index (κ2) is 8.31. The third kappa shape index (κ3) is 4.08. The lowest BCUT2D eigenvalue weighted by Gasteiger charge is -2.29. The molecular formula is C22H18ClF2N3O4. The molecule has 32 heavy (non-hydrogen) atoms. The first-order chi connectivity index (χ1) is 16.7. The molecule has 2 aromatic rings. The Kier molecular flexibility index (Phi) is 4.48. The molecule has 0 radical (unpaired) electrons. The van der Waals surface area contributed by atoms with Crippen LogP contribution in [0.5, 0.6) is 0 Å². The highest BCUT2D eigenvalue weighted by atomic mass is 35.5. The van der Waals surface area contributed by atoms with Crippen molar-refractivity contribution in [2.45, 2.75) is 37.8 Å². The van der Waals surface area contributed by atoms with Gasteiger partial charge in [0, 0.05) is 35.6 Å². The van der Waals surface area contributed by atoms with Crippen LogP contribution in [0.4, 0.5) is 8.78 Å². The number of carbonyl (C=O) groups is 4. The molecule has 0 aromatic heterocycles. The molecule has 0 unspecified atom stereocenters. The Morgan fingerprint density at radius 1 is 1.28 bits per heavy atom. The molecule has 4 amide bonds. The van der Waals surface area contributed by atoms with E-state index in [2.05, 4.69) is 0 Å². The van der Waals surface area contributed by atoms with E-state index in [9.17, 15) is 28.0 Å². The lowest BCUT2D eigenvalue weighted by atomic mass is 10.0. The first-order valence-corrected chi connectivity index (χ1v) is 9.84. The van der Waals surface area contributed by atoms with Crippen LogP contribution in [0.2, 0.25) is 6.43 Å². The highest BCUT2D eigenvalue weighted by Gasteiger charge is 2.41. The summed E-state index contributed by atoms with van der Waals surface area (Å²) in [5.74, 6) is -8.60. The SMILES string of the molecule is [2H]N(C(=O)C(F)(F)c1ccc(Cl)cc1)C([2H])([2H])c1ccc2c(c1)CN([C@]1([2H])CCC(=O)NC1=O)C2=O. The number of rotatable bonds is 5. The summed E-state index contributed by atoms with van der Waals surface area (Å²) in [7, 11) is 0. The molecule has 2 aliphatic rings. The fourth-order valence-corrected chi connectivity index (χ4v) is 3.57. The number of amides is 4. The lowest BCUT2D eigenvalue weighted by molar-refractivity contribution is -0.147. The number of hydrogen-bond acceptors (Lipinski definition) is 4. The first kappa shape index (κ1) is 17.3. The van der Waals surface area contributed by atoms with Crippen LogP contribution in [0.25, 0.3) is 0 Å². The standard InChI is InChI=1S/C22H18ClF2N3O4/c23-15-4-2-14(3-5-15)22(24,25)21(32)26-10-12-1-6-16-13(9-12)11-28(20(16)31)17-7-8-18(29)27-19(17)30/h1-6,9,17H,7-8,10-11H2,(H,26,32)(H,27,29,30)/t17-/m1/s1/i10D2,17D/hD. The third-order valence-electron chi connectivity index (χ3n) is 5.10. The largest absolute Gasteiger partial charge is 0.349 e. The number of piperidine rings is 1. The van der Waals surface area contributed by atoms with E-state index in [-0.39, 0.29) is 41.1 Å². The minimum atomic E-state index is -4.23. The Hall–Kier alpha value is -3.33. The van der Waals surface area contributed by atoms with Gasteiger partial charge in [0.2, 0.25) is 11.8 Å². The van der Waals surface area contributed by atoms with Gasteiger partial charge in [-0.2, -0.15) is 8.78 Å². The molecule has 4 rings (SSSR count). The third-order valence-corrected chi connectivity index (χ3v) is 5.35. The van der Waals surface area contributed by atoms with Crippen molar-refractivity contribution in [2.75, 3.05) is 0 Å². The van der Waals surface area contributed by atoms with Crippen LogP contribution in [-0.4, -0.2) is 34.5 Å². The fourth-order valence-electron chi connectivity index (χ4n) is 3.44. The number of alkyl halides is 2. The van der Waals surface area contributed by atoms with Crippen molar-refractivity contribution in [3.8, 4) is 0 Å². The molecule has 0 aliphatic carbocycles. The molecule has 10 heteroatoms. The zero-order chi connectivity index (χ0) is 26.6. The van der Waals surface area contributed by atoms with Crippen molar-refractivity contribution >= 4 is 35.2 Å². The number of halogens is 3. The van der Waals surface area contributed by atoms with Gasteiger partial charge in [-0.15, -0.1) is 0 Å². The summed E-state index contributed by atoms with van der Waals surface area (Å²) in [4.78, 5) is 50.0. The Morgan fingerprint density at radius 3 is 2.69 bits per heavy atom. The van der Waals surface area contributed by atoms with Gasteiger partial charge in [-0.3, -0.25) is 24.5 Å². The quantitative estimate of drug-likeness (QED) is 0.663. The molecule has 2 heterocycles. The van der Waals surface area contributed by atoms with Crippen LogP contribution in [0.1, 0.15) is 44.0 Å². The van der Waals surface area contributed by atoms with Crippen molar-refractivity contribution < 1.29 is 33.5 Å². The van der Waals surface area contributed by atoms with Crippen molar-refractivity contribution in [1.82, 2.24) is 15.5 Å². The highest BCUT2D eigenvalue weighted by molar-refractivity contribution is 6.30. The monoisotopic (exact) mass is 465 g/mol. The number of nitrogens with zero attached hydrogens (tertiary/aromatic N) is 1. The second-order valence-corrected chi connectivity index (χ2v) is 7.63. The molecule has 2 aliphatic heterocycles. The van der Waals surface area contributed by atoms with E-state index in [1.54, 1.807) is 0 Å². The fraction of sp³-hybridized carbons (Fsp3) is 0.273. The first-order valence-electron chi connectivity index (χ1n) is 11.4. The average molecular weight is 466 g/mol. The van der Waals surface area contributed by atoms with E-state index >= 15 is 0 Å². The maximum atomic E-state index is 14.8. The average Bonchev–Trinajstić information content (AvgIpc) is 3.17. The summed E-state index contributed by atoms with van der Waals surface area (Å²) < 4.78 is 62.3. The minimum absolute atomic E-state index is 0.0419. The Balaban J connectivity index is 1.60. The predicted molar refractivity (Wildman–Crippen MR) is 110 cm³/mol. The van der Waals surface area contributed by atoms with E-state index in [0.717, 1.165) is 41.3 Å². The van der Waals surface area contributed by atoms with Gasteiger partial charge in [0.05, 0.1) is 4.11 Å². The van der Waals surface area contributed by atoms with Gasteiger partial charge >= 0.3 is 5.92 Å². The second-order valence-electron chi connectivity index (χ2n) is 7.20. The van der Waals surface area contributed by atoms with Crippen LogP contribution in [0.3, 0.4) is 0 Å². The highest BCUT2D eigenvalue weighted by Crippen LogP contribution is 2.30. The van der Waals surface area contributed by atoms with Crippen molar-refractivity contribution in [3.63, 3.8) is 0 Å². The number of imide groups is 1. The van der Waals surface area contributed by atoms with Gasteiger partial charge in [-0.1, -0.05) is 35.9 Å². The summed E-state index contributed by atoms with van der Waals surface area (Å²) in [6.45, 7) is -3.33. The van der Waals surface area contributed by atoms with Gasteiger partial charge in [0.25, 0.3) is 11.8 Å². The van der Waals surface area contributed by atoms with Crippen LogP contribution in [-0.2, 0) is 33.3 Å². The summed E-state index contributed by atoms with van der Waals surface area (Å²) >= 11 is 5.68. The summed E-state index contributed by atoms with van der Waals surface area (Å²) in [6.07, 6.45) is -0.388. The summed E-state index contributed by atoms with van der Waals surface area (Å²) in [6, 6.07) is 5.35. The molecule has 0 spiro atoms. The van der Waals surface area contributed by atoms with E-state index in [1.807, 2.05) is 5.32 Å². The zero-order valence-electron chi connectivity index (χ0n) is 20.3. The smallest absolute Gasteiger partial charge is 0.346 e. The summed E-state index contributed by atoms with van der Waals surface area (Å²) in [5, 5.41) is 1.70. The maximum absolute atomic E-state index is 14.8. The minimum Gasteiger partial charge on any atom is -0.346 e. The molecule has 7 nitrogen and oxygen atoms in total. The molecule has 1 saturated heterocycles. The van der Waals surface area contributed by atoms with Crippen LogP contribution in [0, 0.1) is 0 Å².